The van der Waals surface area contributed by atoms with E-state index in [4.69, 9.17) is 0 Å². The fraction of sp³-hybridized carbons (Fsp3) is 0.368. The third kappa shape index (κ3) is 5.86. The maximum atomic E-state index is 12.4. The molecule has 0 saturated carbocycles. The molecule has 1 aliphatic rings. The van der Waals surface area contributed by atoms with E-state index < -0.39 is 10.0 Å². The molecule has 2 aromatic rings. The fourth-order valence-electron chi connectivity index (χ4n) is 3.09. The van der Waals surface area contributed by atoms with Gasteiger partial charge in [-0.15, -0.1) is 0 Å². The SMILES string of the molecule is CC(=O)Nc1ccc(S(=O)(=O)NCCN2CCN(C(=O)c3ccsc3)CC2)cc1. The van der Waals surface area contributed by atoms with Crippen molar-refractivity contribution in [2.45, 2.75) is 11.8 Å². The lowest BCUT2D eigenvalue weighted by Crippen LogP contribution is -2.50. The molecule has 0 bridgehead atoms. The van der Waals surface area contributed by atoms with Crippen molar-refractivity contribution in [1.82, 2.24) is 14.5 Å². The zero-order valence-corrected chi connectivity index (χ0v) is 17.8. The summed E-state index contributed by atoms with van der Waals surface area (Å²) in [4.78, 5) is 27.5. The van der Waals surface area contributed by atoms with E-state index in [1.54, 1.807) is 12.1 Å². The van der Waals surface area contributed by atoms with Gasteiger partial charge < -0.3 is 10.2 Å². The number of carbonyl (C=O) groups is 2. The Balaban J connectivity index is 1.44. The molecule has 156 valence electrons. The molecule has 29 heavy (non-hydrogen) atoms. The lowest BCUT2D eigenvalue weighted by Gasteiger charge is -2.34. The van der Waals surface area contributed by atoms with Crippen molar-refractivity contribution < 1.29 is 18.0 Å². The van der Waals surface area contributed by atoms with Crippen LogP contribution in [0.4, 0.5) is 5.69 Å². The number of thiophene rings is 1. The number of sulfonamides is 1. The molecule has 1 fully saturated rings. The van der Waals surface area contributed by atoms with Crippen LogP contribution in [-0.4, -0.2) is 69.3 Å². The number of hydrogen-bond donors (Lipinski definition) is 2. The first-order valence-corrected chi connectivity index (χ1v) is 11.7. The monoisotopic (exact) mass is 436 g/mol. The molecular weight excluding hydrogens is 412 g/mol. The molecular formula is C19H24N4O4S2. The van der Waals surface area contributed by atoms with Gasteiger partial charge in [-0.3, -0.25) is 14.5 Å². The highest BCUT2D eigenvalue weighted by Crippen LogP contribution is 2.14. The lowest BCUT2D eigenvalue weighted by atomic mass is 10.2. The van der Waals surface area contributed by atoms with Crippen LogP contribution in [0.5, 0.6) is 0 Å². The highest BCUT2D eigenvalue weighted by atomic mass is 32.2. The Labute approximate surface area is 174 Å². The van der Waals surface area contributed by atoms with Gasteiger partial charge in [0.1, 0.15) is 0 Å². The molecule has 0 spiro atoms. The molecule has 0 atom stereocenters. The summed E-state index contributed by atoms with van der Waals surface area (Å²) in [6, 6.07) is 7.86. The van der Waals surface area contributed by atoms with E-state index in [0.29, 0.717) is 38.4 Å². The third-order valence-electron chi connectivity index (χ3n) is 4.63. The van der Waals surface area contributed by atoms with E-state index in [-0.39, 0.29) is 23.3 Å². The van der Waals surface area contributed by atoms with Crippen molar-refractivity contribution in [3.05, 3.63) is 46.7 Å². The van der Waals surface area contributed by atoms with Gasteiger partial charge in [-0.25, -0.2) is 13.1 Å². The largest absolute Gasteiger partial charge is 0.336 e. The third-order valence-corrected chi connectivity index (χ3v) is 6.79. The minimum Gasteiger partial charge on any atom is -0.336 e. The zero-order chi connectivity index (χ0) is 20.9. The van der Waals surface area contributed by atoms with E-state index in [0.717, 1.165) is 5.56 Å². The van der Waals surface area contributed by atoms with Gasteiger partial charge in [-0.1, -0.05) is 0 Å². The molecule has 3 rings (SSSR count). The summed E-state index contributed by atoms with van der Waals surface area (Å²) in [5.41, 5.74) is 1.27. The molecule has 8 nitrogen and oxygen atoms in total. The van der Waals surface area contributed by atoms with Crippen LogP contribution in [0.25, 0.3) is 0 Å². The van der Waals surface area contributed by atoms with Crippen LogP contribution in [-0.2, 0) is 14.8 Å². The van der Waals surface area contributed by atoms with E-state index in [1.165, 1.54) is 30.4 Å². The van der Waals surface area contributed by atoms with Crippen LogP contribution in [0.3, 0.4) is 0 Å². The number of anilines is 1. The Bertz CT molecular complexity index is 935. The Morgan fingerprint density at radius 3 is 2.34 bits per heavy atom. The van der Waals surface area contributed by atoms with Crippen LogP contribution in [0.2, 0.25) is 0 Å². The van der Waals surface area contributed by atoms with Crippen LogP contribution < -0.4 is 10.0 Å². The standard InChI is InChI=1S/C19H24N4O4S2/c1-15(24)21-17-2-4-18(5-3-17)29(26,27)20-7-8-22-9-11-23(12-10-22)19(25)16-6-13-28-14-16/h2-6,13-14,20H,7-12H2,1H3,(H,21,24). The molecule has 2 amide bonds. The predicted molar refractivity (Wildman–Crippen MR) is 113 cm³/mol. The van der Waals surface area contributed by atoms with Gasteiger partial charge in [-0.05, 0) is 35.7 Å². The Morgan fingerprint density at radius 2 is 1.76 bits per heavy atom. The van der Waals surface area contributed by atoms with Crippen molar-refractivity contribution in [1.29, 1.82) is 0 Å². The molecule has 0 aliphatic carbocycles. The van der Waals surface area contributed by atoms with E-state index in [1.807, 2.05) is 21.7 Å². The van der Waals surface area contributed by atoms with Gasteiger partial charge in [0, 0.05) is 57.3 Å². The minimum atomic E-state index is -3.61. The van der Waals surface area contributed by atoms with Gasteiger partial charge >= 0.3 is 0 Å². The molecule has 10 heteroatoms. The van der Waals surface area contributed by atoms with Crippen molar-refractivity contribution >= 4 is 38.9 Å². The lowest BCUT2D eigenvalue weighted by molar-refractivity contribution is -0.114. The maximum Gasteiger partial charge on any atom is 0.254 e. The van der Waals surface area contributed by atoms with Gasteiger partial charge in [0.15, 0.2) is 0 Å². The molecule has 1 aliphatic heterocycles. The molecule has 1 aromatic heterocycles. The van der Waals surface area contributed by atoms with Crippen molar-refractivity contribution in [3.8, 4) is 0 Å². The summed E-state index contributed by atoms with van der Waals surface area (Å²) in [5, 5.41) is 6.35. The number of hydrogen-bond acceptors (Lipinski definition) is 6. The van der Waals surface area contributed by atoms with Crippen LogP contribution in [0.1, 0.15) is 17.3 Å². The van der Waals surface area contributed by atoms with Crippen LogP contribution >= 0.6 is 11.3 Å². The summed E-state index contributed by atoms with van der Waals surface area (Å²) >= 11 is 1.51. The highest BCUT2D eigenvalue weighted by Gasteiger charge is 2.22. The summed E-state index contributed by atoms with van der Waals surface area (Å²) in [6.45, 7) is 4.94. The van der Waals surface area contributed by atoms with Crippen LogP contribution in [0.15, 0.2) is 46.0 Å². The second kappa shape index (κ2) is 9.49. The second-order valence-corrected chi connectivity index (χ2v) is 9.30. The van der Waals surface area contributed by atoms with Crippen LogP contribution in [0, 0.1) is 0 Å². The van der Waals surface area contributed by atoms with Crippen molar-refractivity contribution in [2.24, 2.45) is 0 Å². The average Bonchev–Trinajstić information content (AvgIpc) is 3.23. The van der Waals surface area contributed by atoms with Crippen molar-refractivity contribution in [3.63, 3.8) is 0 Å². The molecule has 2 N–H and O–H groups in total. The summed E-state index contributed by atoms with van der Waals surface area (Å²) < 4.78 is 27.4. The summed E-state index contributed by atoms with van der Waals surface area (Å²) in [5.74, 6) is -0.162. The van der Waals surface area contributed by atoms with Gasteiger partial charge in [0.2, 0.25) is 15.9 Å². The highest BCUT2D eigenvalue weighted by molar-refractivity contribution is 7.89. The van der Waals surface area contributed by atoms with Gasteiger partial charge in [0.05, 0.1) is 10.5 Å². The first kappa shape index (κ1) is 21.4. The van der Waals surface area contributed by atoms with E-state index >= 15 is 0 Å². The first-order valence-electron chi connectivity index (χ1n) is 9.26. The van der Waals surface area contributed by atoms with Crippen molar-refractivity contribution in [2.75, 3.05) is 44.6 Å². The minimum absolute atomic E-state index is 0.0503. The average molecular weight is 437 g/mol. The Kier molecular flexibility index (Phi) is 7.01. The predicted octanol–water partition coefficient (Wildman–Crippen LogP) is 1.44. The molecule has 0 radical (unpaired) electrons. The zero-order valence-electron chi connectivity index (χ0n) is 16.1. The van der Waals surface area contributed by atoms with Gasteiger partial charge in [0.25, 0.3) is 5.91 Å². The van der Waals surface area contributed by atoms with E-state index in [9.17, 15) is 18.0 Å². The second-order valence-electron chi connectivity index (χ2n) is 6.75. The quantitative estimate of drug-likeness (QED) is 0.684. The van der Waals surface area contributed by atoms with Gasteiger partial charge in [-0.2, -0.15) is 11.3 Å². The fourth-order valence-corrected chi connectivity index (χ4v) is 4.74. The number of benzene rings is 1. The molecule has 0 unspecified atom stereocenters. The summed E-state index contributed by atoms with van der Waals surface area (Å²) in [7, 11) is -3.61. The smallest absolute Gasteiger partial charge is 0.254 e. The molecule has 2 heterocycles. The maximum absolute atomic E-state index is 12.4. The topological polar surface area (TPSA) is 98.8 Å². The Hall–Kier alpha value is -2.27. The number of piperazine rings is 1. The number of nitrogens with one attached hydrogen (secondary N) is 2. The number of nitrogens with zero attached hydrogens (tertiary/aromatic N) is 2. The van der Waals surface area contributed by atoms with E-state index in [2.05, 4.69) is 14.9 Å². The first-order chi connectivity index (χ1) is 13.8. The number of carbonyl (C=O) groups excluding carboxylic acids is 2. The molecule has 1 saturated heterocycles. The Morgan fingerprint density at radius 1 is 1.07 bits per heavy atom. The number of amides is 2. The molecule has 1 aromatic carbocycles. The number of rotatable bonds is 7. The normalized spacial score (nSPS) is 15.3. The summed E-state index contributed by atoms with van der Waals surface area (Å²) in [6.07, 6.45) is 0.